The van der Waals surface area contributed by atoms with Gasteiger partial charge in [0, 0.05) is 6.20 Å². The molecular formula is C23H31F2N4O8P. The van der Waals surface area contributed by atoms with E-state index in [0.717, 1.165) is 17.8 Å². The number of anilines is 1. The number of carbonyl (C=O) groups excluding carboxylic acids is 1. The van der Waals surface area contributed by atoms with Crippen LogP contribution in [0.2, 0.25) is 0 Å². The molecule has 2 aromatic rings. The highest BCUT2D eigenvalue weighted by Crippen LogP contribution is 2.48. The van der Waals surface area contributed by atoms with Gasteiger partial charge in [-0.2, -0.15) is 13.8 Å². The Morgan fingerprint density at radius 2 is 1.97 bits per heavy atom. The SMILES string of the molecule is Cc1ccccc1CO[P@@](=O)(N[C@@H](C)C(=O)OC(C)C)OCC1OC(n2ccc(N)nc2=O)C(F)(F)C1O. The lowest BCUT2D eigenvalue weighted by Crippen LogP contribution is -2.42. The second-order valence-electron chi connectivity index (χ2n) is 9.02. The quantitative estimate of drug-likeness (QED) is 0.273. The molecular weight excluding hydrogens is 529 g/mol. The van der Waals surface area contributed by atoms with Crippen LogP contribution in [0.3, 0.4) is 0 Å². The molecule has 210 valence electrons. The van der Waals surface area contributed by atoms with Crippen LogP contribution < -0.4 is 16.5 Å². The van der Waals surface area contributed by atoms with E-state index in [1.54, 1.807) is 45.0 Å². The minimum Gasteiger partial charge on any atom is -0.462 e. The minimum absolute atomic E-state index is 0.184. The van der Waals surface area contributed by atoms with E-state index >= 15 is 0 Å². The number of hydrogen-bond donors (Lipinski definition) is 3. The van der Waals surface area contributed by atoms with Crippen molar-refractivity contribution in [3.8, 4) is 0 Å². The standard InChI is InChI=1S/C23H31F2N4O8P/c1-13(2)36-20(31)15(4)28-38(33,34-11-16-8-6-5-7-14(16)3)35-12-17-19(30)23(24,25)21(37-17)29-10-9-18(26)27-22(29)32/h5-10,13,15,17,19,21,30H,11-12H2,1-4H3,(H,28,33)(H2,26,27,32)/t15-,17?,19?,21?,38-/m0/s1. The van der Waals surface area contributed by atoms with Crippen LogP contribution in [0.4, 0.5) is 14.6 Å². The van der Waals surface area contributed by atoms with Gasteiger partial charge in [-0.1, -0.05) is 24.3 Å². The normalized spacial score (nSPS) is 23.2. The lowest BCUT2D eigenvalue weighted by atomic mass is 10.1. The van der Waals surface area contributed by atoms with Crippen LogP contribution >= 0.6 is 7.75 Å². The summed E-state index contributed by atoms with van der Waals surface area (Å²) in [5.74, 6) is -4.87. The zero-order chi connectivity index (χ0) is 28.3. The van der Waals surface area contributed by atoms with Gasteiger partial charge in [-0.05, 0) is 44.9 Å². The molecule has 0 saturated carbocycles. The van der Waals surface area contributed by atoms with E-state index in [9.17, 15) is 28.0 Å². The number of nitrogens with zero attached hydrogens (tertiary/aromatic N) is 2. The van der Waals surface area contributed by atoms with E-state index in [1.165, 1.54) is 6.92 Å². The number of hydrogen-bond acceptors (Lipinski definition) is 10. The van der Waals surface area contributed by atoms with E-state index in [0.29, 0.717) is 10.1 Å². The maximum atomic E-state index is 14.9. The Kier molecular flexibility index (Phi) is 9.39. The third-order valence-corrected chi connectivity index (χ3v) is 7.26. The van der Waals surface area contributed by atoms with Crippen molar-refractivity contribution >= 4 is 19.5 Å². The summed E-state index contributed by atoms with van der Waals surface area (Å²) in [7, 11) is -4.37. The summed E-state index contributed by atoms with van der Waals surface area (Å²) in [4.78, 5) is 27.8. The number of halogens is 2. The highest BCUT2D eigenvalue weighted by molar-refractivity contribution is 7.51. The average Bonchev–Trinajstić information content (AvgIpc) is 3.05. The molecule has 1 aromatic carbocycles. The smallest absolute Gasteiger partial charge is 0.406 e. The second-order valence-corrected chi connectivity index (χ2v) is 10.8. The zero-order valence-electron chi connectivity index (χ0n) is 21.2. The van der Waals surface area contributed by atoms with Crippen molar-refractivity contribution in [3.05, 3.63) is 58.1 Å². The van der Waals surface area contributed by atoms with Crippen molar-refractivity contribution in [3.63, 3.8) is 0 Å². The number of ether oxygens (including phenoxy) is 2. The molecule has 1 saturated heterocycles. The molecule has 3 unspecified atom stereocenters. The number of carbonyl (C=O) groups is 1. The third-order valence-electron chi connectivity index (χ3n) is 5.60. The fraction of sp³-hybridized carbons (Fsp3) is 0.522. The van der Waals surface area contributed by atoms with Crippen molar-refractivity contribution in [2.45, 2.75) is 70.8 Å². The molecule has 2 heterocycles. The Balaban J connectivity index is 1.78. The molecule has 15 heteroatoms. The molecule has 4 N–H and O–H groups in total. The Bertz CT molecular complexity index is 1240. The van der Waals surface area contributed by atoms with Crippen LogP contribution in [0.15, 0.2) is 41.3 Å². The van der Waals surface area contributed by atoms with Crippen LogP contribution in [0.5, 0.6) is 0 Å². The minimum atomic E-state index is -4.37. The molecule has 1 fully saturated rings. The molecule has 0 radical (unpaired) electrons. The van der Waals surface area contributed by atoms with Crippen LogP contribution in [0, 0.1) is 6.92 Å². The van der Waals surface area contributed by atoms with Gasteiger partial charge in [-0.3, -0.25) is 18.4 Å². The van der Waals surface area contributed by atoms with Crippen molar-refractivity contribution in [1.82, 2.24) is 14.6 Å². The Morgan fingerprint density at radius 1 is 1.29 bits per heavy atom. The van der Waals surface area contributed by atoms with E-state index in [2.05, 4.69) is 10.1 Å². The van der Waals surface area contributed by atoms with Gasteiger partial charge in [-0.25, -0.2) is 14.4 Å². The third kappa shape index (κ3) is 7.01. The number of esters is 1. The molecule has 0 bridgehead atoms. The summed E-state index contributed by atoms with van der Waals surface area (Å²) in [6, 6.07) is 7.03. The summed E-state index contributed by atoms with van der Waals surface area (Å²) in [6.45, 7) is 5.39. The molecule has 38 heavy (non-hydrogen) atoms. The van der Waals surface area contributed by atoms with Gasteiger partial charge in [-0.15, -0.1) is 0 Å². The summed E-state index contributed by atoms with van der Waals surface area (Å²) in [5.41, 5.74) is 5.77. The second kappa shape index (κ2) is 12.0. The lowest BCUT2D eigenvalue weighted by molar-refractivity contribution is -0.149. The van der Waals surface area contributed by atoms with Crippen molar-refractivity contribution in [2.24, 2.45) is 0 Å². The Morgan fingerprint density at radius 3 is 2.61 bits per heavy atom. The molecule has 3 rings (SSSR count). The first kappa shape index (κ1) is 29.8. The fourth-order valence-electron chi connectivity index (χ4n) is 3.54. The van der Waals surface area contributed by atoms with Crippen LogP contribution in [-0.4, -0.2) is 57.5 Å². The monoisotopic (exact) mass is 560 g/mol. The van der Waals surface area contributed by atoms with Crippen LogP contribution in [-0.2, 0) is 34.5 Å². The molecule has 0 amide bonds. The van der Waals surface area contributed by atoms with E-state index in [1.807, 2.05) is 0 Å². The highest BCUT2D eigenvalue weighted by Gasteiger charge is 2.60. The first-order valence-electron chi connectivity index (χ1n) is 11.7. The maximum Gasteiger partial charge on any atom is 0.406 e. The number of aromatic nitrogens is 2. The number of aryl methyl sites for hydroxylation is 1. The predicted molar refractivity (Wildman–Crippen MR) is 131 cm³/mol. The predicted octanol–water partition coefficient (Wildman–Crippen LogP) is 2.30. The number of benzene rings is 1. The number of aliphatic hydroxyl groups is 1. The van der Waals surface area contributed by atoms with Crippen molar-refractivity contribution in [1.29, 1.82) is 0 Å². The summed E-state index contributed by atoms with van der Waals surface area (Å²) < 4.78 is 65.0. The topological polar surface area (TPSA) is 164 Å². The Hall–Kier alpha value is -2.74. The molecule has 1 aliphatic rings. The molecule has 0 spiro atoms. The van der Waals surface area contributed by atoms with Gasteiger partial charge in [0.25, 0.3) is 0 Å². The number of alkyl halides is 2. The molecule has 1 aliphatic heterocycles. The van der Waals surface area contributed by atoms with Crippen molar-refractivity contribution < 1.29 is 41.8 Å². The summed E-state index contributed by atoms with van der Waals surface area (Å²) in [6.07, 6.45) is -5.89. The molecule has 12 nitrogen and oxygen atoms in total. The number of nitrogens with two attached hydrogens (primary N) is 1. The van der Waals surface area contributed by atoms with Gasteiger partial charge < -0.3 is 20.3 Å². The van der Waals surface area contributed by atoms with Crippen LogP contribution in [0.25, 0.3) is 0 Å². The fourth-order valence-corrected chi connectivity index (χ4v) is 5.00. The number of rotatable bonds is 11. The molecule has 5 atom stereocenters. The number of nitrogen functional groups attached to an aromatic ring is 1. The Labute approximate surface area is 217 Å². The van der Waals surface area contributed by atoms with E-state index < -0.39 is 62.5 Å². The maximum absolute atomic E-state index is 14.9. The van der Waals surface area contributed by atoms with Gasteiger partial charge in [0.05, 0.1) is 19.3 Å². The largest absolute Gasteiger partial charge is 0.462 e. The zero-order valence-corrected chi connectivity index (χ0v) is 22.1. The van der Waals surface area contributed by atoms with Gasteiger partial charge in [0.15, 0.2) is 6.10 Å². The highest BCUT2D eigenvalue weighted by atomic mass is 31.2. The summed E-state index contributed by atoms with van der Waals surface area (Å²) >= 11 is 0. The van der Waals surface area contributed by atoms with E-state index in [-0.39, 0.29) is 12.4 Å². The molecule has 1 aromatic heterocycles. The average molecular weight is 560 g/mol. The van der Waals surface area contributed by atoms with E-state index in [4.69, 9.17) is 24.3 Å². The van der Waals surface area contributed by atoms with Gasteiger partial charge in [0.2, 0.25) is 6.23 Å². The lowest BCUT2D eigenvalue weighted by Gasteiger charge is -2.25. The summed E-state index contributed by atoms with van der Waals surface area (Å²) in [5, 5.41) is 12.7. The van der Waals surface area contributed by atoms with Gasteiger partial charge >= 0.3 is 25.3 Å². The first-order chi connectivity index (χ1) is 17.7. The molecule has 0 aliphatic carbocycles. The van der Waals surface area contributed by atoms with Crippen molar-refractivity contribution in [2.75, 3.05) is 12.3 Å². The number of nitrogens with one attached hydrogen (secondary N) is 1. The number of aliphatic hydroxyl groups excluding tert-OH is 1. The first-order valence-corrected chi connectivity index (χ1v) is 13.3. The van der Waals surface area contributed by atoms with Crippen LogP contribution in [0.1, 0.15) is 38.1 Å². The van der Waals surface area contributed by atoms with Gasteiger partial charge in [0.1, 0.15) is 18.0 Å².